The van der Waals surface area contributed by atoms with E-state index in [1.54, 1.807) is 4.90 Å². The number of nitrogens with one attached hydrogen (secondary N) is 1. The number of carbonyl (C=O) groups excluding carboxylic acids is 2. The van der Waals surface area contributed by atoms with Crippen LogP contribution in [0.25, 0.3) is 0 Å². The minimum Gasteiger partial charge on any atom is -0.353 e. The molecule has 1 N–H and O–H groups in total. The molecule has 0 radical (unpaired) electrons. The van der Waals surface area contributed by atoms with Crippen LogP contribution in [0.15, 0.2) is 24.3 Å². The van der Waals surface area contributed by atoms with Crippen molar-refractivity contribution >= 4 is 17.5 Å². The number of amides is 2. The van der Waals surface area contributed by atoms with Gasteiger partial charge in [0.2, 0.25) is 11.8 Å². The van der Waals surface area contributed by atoms with Crippen LogP contribution < -0.4 is 10.2 Å². The molecule has 0 unspecified atom stereocenters. The Balaban J connectivity index is 2.12. The van der Waals surface area contributed by atoms with E-state index in [0.717, 1.165) is 17.8 Å². The zero-order chi connectivity index (χ0) is 15.4. The lowest BCUT2D eigenvalue weighted by atomic mass is 10.1. The Hall–Kier alpha value is -1.88. The van der Waals surface area contributed by atoms with Crippen LogP contribution in [0.2, 0.25) is 0 Å². The molecule has 0 bridgehead atoms. The zero-order valence-electron chi connectivity index (χ0n) is 12.9. The maximum absolute atomic E-state index is 12.4. The van der Waals surface area contributed by atoms with E-state index in [1.807, 2.05) is 50.2 Å². The molecule has 1 atom stereocenters. The van der Waals surface area contributed by atoms with Gasteiger partial charge >= 0.3 is 0 Å². The van der Waals surface area contributed by atoms with Crippen molar-refractivity contribution in [1.82, 2.24) is 10.2 Å². The molecule has 1 aromatic carbocycles. The topological polar surface area (TPSA) is 52.7 Å². The Morgan fingerprint density at radius 2 is 2.05 bits per heavy atom. The minimum atomic E-state index is -0.419. The molecule has 1 aromatic rings. The summed E-state index contributed by atoms with van der Waals surface area (Å²) in [4.78, 5) is 28.3. The highest BCUT2D eigenvalue weighted by Gasteiger charge is 2.37. The van der Waals surface area contributed by atoms with E-state index in [0.29, 0.717) is 19.4 Å². The Labute approximate surface area is 125 Å². The summed E-state index contributed by atoms with van der Waals surface area (Å²) in [5, 5.41) is 2.93. The molecule has 0 aromatic heterocycles. The van der Waals surface area contributed by atoms with Gasteiger partial charge in [-0.15, -0.1) is 0 Å². The molecule has 5 heteroatoms. The Kier molecular flexibility index (Phi) is 4.96. The SMILES string of the molecule is CCC(=O)N1c2ccccc2C[C@@H]1C(=O)NCCN(C)C. The molecule has 1 heterocycles. The number of carbonyl (C=O) groups is 2. The normalized spacial score (nSPS) is 17.0. The van der Waals surface area contributed by atoms with Crippen LogP contribution in [-0.2, 0) is 16.0 Å². The summed E-state index contributed by atoms with van der Waals surface area (Å²) in [7, 11) is 3.93. The van der Waals surface area contributed by atoms with Gasteiger partial charge in [-0.3, -0.25) is 14.5 Å². The third kappa shape index (κ3) is 3.42. The van der Waals surface area contributed by atoms with Crippen molar-refractivity contribution < 1.29 is 9.59 Å². The van der Waals surface area contributed by atoms with Gasteiger partial charge < -0.3 is 10.2 Å². The first kappa shape index (κ1) is 15.5. The van der Waals surface area contributed by atoms with Gasteiger partial charge in [-0.25, -0.2) is 0 Å². The summed E-state index contributed by atoms with van der Waals surface area (Å²) in [5.41, 5.74) is 1.93. The second kappa shape index (κ2) is 6.72. The van der Waals surface area contributed by atoms with Crippen LogP contribution in [0.5, 0.6) is 0 Å². The number of nitrogens with zero attached hydrogens (tertiary/aromatic N) is 2. The molecule has 114 valence electrons. The third-order valence-electron chi connectivity index (χ3n) is 3.71. The van der Waals surface area contributed by atoms with Crippen molar-refractivity contribution in [3.8, 4) is 0 Å². The predicted octanol–water partition coefficient (Wildman–Crippen LogP) is 1.03. The molecule has 1 aliphatic rings. The van der Waals surface area contributed by atoms with Crippen molar-refractivity contribution in [3.05, 3.63) is 29.8 Å². The molecule has 21 heavy (non-hydrogen) atoms. The van der Waals surface area contributed by atoms with Crippen molar-refractivity contribution in [1.29, 1.82) is 0 Å². The van der Waals surface area contributed by atoms with Gasteiger partial charge in [0.15, 0.2) is 0 Å². The standard InChI is InChI=1S/C16H23N3O2/c1-4-15(20)19-13-8-6-5-7-12(13)11-14(19)16(21)17-9-10-18(2)3/h5-8,14H,4,9-11H2,1-3H3,(H,17,21)/t14-/m1/s1. The van der Waals surface area contributed by atoms with Gasteiger partial charge in [-0.2, -0.15) is 0 Å². The van der Waals surface area contributed by atoms with Gasteiger partial charge in [-0.1, -0.05) is 25.1 Å². The van der Waals surface area contributed by atoms with Gasteiger partial charge in [0.05, 0.1) is 0 Å². The molecular weight excluding hydrogens is 266 g/mol. The van der Waals surface area contributed by atoms with Gasteiger partial charge in [0.25, 0.3) is 0 Å². The molecule has 0 aliphatic carbocycles. The number of para-hydroxylation sites is 1. The average molecular weight is 289 g/mol. The molecule has 5 nitrogen and oxygen atoms in total. The number of hydrogen-bond donors (Lipinski definition) is 1. The largest absolute Gasteiger partial charge is 0.353 e. The first-order valence-electron chi connectivity index (χ1n) is 7.37. The lowest BCUT2D eigenvalue weighted by molar-refractivity contribution is -0.126. The van der Waals surface area contributed by atoms with Gasteiger partial charge in [0.1, 0.15) is 6.04 Å². The van der Waals surface area contributed by atoms with Gasteiger partial charge in [0, 0.05) is 31.6 Å². The number of fused-ring (bicyclic) bond motifs is 1. The monoisotopic (exact) mass is 289 g/mol. The molecule has 0 saturated heterocycles. The number of hydrogen-bond acceptors (Lipinski definition) is 3. The van der Waals surface area contributed by atoms with E-state index in [2.05, 4.69) is 5.32 Å². The first-order valence-corrected chi connectivity index (χ1v) is 7.37. The molecule has 0 fully saturated rings. The first-order chi connectivity index (χ1) is 10.0. The second-order valence-corrected chi connectivity index (χ2v) is 5.56. The van der Waals surface area contributed by atoms with E-state index >= 15 is 0 Å². The van der Waals surface area contributed by atoms with E-state index in [9.17, 15) is 9.59 Å². The highest BCUT2D eigenvalue weighted by Crippen LogP contribution is 2.32. The van der Waals surface area contributed by atoms with Crippen molar-refractivity contribution in [2.75, 3.05) is 32.1 Å². The van der Waals surface area contributed by atoms with Crippen LogP contribution in [0, 0.1) is 0 Å². The average Bonchev–Trinajstić information content (AvgIpc) is 2.85. The summed E-state index contributed by atoms with van der Waals surface area (Å²) >= 11 is 0. The molecule has 1 aliphatic heterocycles. The Morgan fingerprint density at radius 3 is 2.71 bits per heavy atom. The number of likely N-dealkylation sites (N-methyl/N-ethyl adjacent to an activating group) is 1. The number of anilines is 1. The molecule has 0 spiro atoms. The van der Waals surface area contributed by atoms with Crippen molar-refractivity contribution in [3.63, 3.8) is 0 Å². The van der Waals surface area contributed by atoms with E-state index in [-0.39, 0.29) is 11.8 Å². The number of rotatable bonds is 5. The smallest absolute Gasteiger partial charge is 0.243 e. The third-order valence-corrected chi connectivity index (χ3v) is 3.71. The second-order valence-electron chi connectivity index (χ2n) is 5.56. The fraction of sp³-hybridized carbons (Fsp3) is 0.500. The highest BCUT2D eigenvalue weighted by atomic mass is 16.2. The molecule has 2 amide bonds. The van der Waals surface area contributed by atoms with E-state index < -0.39 is 6.04 Å². The quantitative estimate of drug-likeness (QED) is 0.881. The lowest BCUT2D eigenvalue weighted by Gasteiger charge is -2.24. The maximum Gasteiger partial charge on any atom is 0.243 e. The number of benzene rings is 1. The molecule has 0 saturated carbocycles. The van der Waals surface area contributed by atoms with Crippen LogP contribution in [0.1, 0.15) is 18.9 Å². The summed E-state index contributed by atoms with van der Waals surface area (Å²) in [6.07, 6.45) is 0.992. The zero-order valence-corrected chi connectivity index (χ0v) is 12.9. The molecule has 2 rings (SSSR count). The Morgan fingerprint density at radius 1 is 1.33 bits per heavy atom. The minimum absolute atomic E-state index is 0.00675. The fourth-order valence-electron chi connectivity index (χ4n) is 2.59. The summed E-state index contributed by atoms with van der Waals surface area (Å²) in [6, 6.07) is 7.33. The van der Waals surface area contributed by atoms with Crippen molar-refractivity contribution in [2.45, 2.75) is 25.8 Å². The van der Waals surface area contributed by atoms with Crippen LogP contribution in [-0.4, -0.2) is 49.9 Å². The summed E-state index contributed by atoms with van der Waals surface area (Å²) in [5.74, 6) is -0.0810. The van der Waals surface area contributed by atoms with Crippen LogP contribution in [0.4, 0.5) is 5.69 Å². The fourth-order valence-corrected chi connectivity index (χ4v) is 2.59. The Bertz CT molecular complexity index is 528. The van der Waals surface area contributed by atoms with Crippen LogP contribution >= 0.6 is 0 Å². The van der Waals surface area contributed by atoms with Crippen LogP contribution in [0.3, 0.4) is 0 Å². The highest BCUT2D eigenvalue weighted by molar-refractivity contribution is 6.03. The summed E-state index contributed by atoms with van der Waals surface area (Å²) < 4.78 is 0. The predicted molar refractivity (Wildman–Crippen MR) is 83.3 cm³/mol. The summed E-state index contributed by atoms with van der Waals surface area (Å²) in [6.45, 7) is 3.20. The van der Waals surface area contributed by atoms with Gasteiger partial charge in [-0.05, 0) is 25.7 Å². The molecular formula is C16H23N3O2. The lowest BCUT2D eigenvalue weighted by Crippen LogP contribution is -2.49. The van der Waals surface area contributed by atoms with Crippen molar-refractivity contribution in [2.24, 2.45) is 0 Å². The maximum atomic E-state index is 12.4. The van der Waals surface area contributed by atoms with E-state index in [4.69, 9.17) is 0 Å². The van der Waals surface area contributed by atoms with E-state index in [1.165, 1.54) is 0 Å².